The smallest absolute Gasteiger partial charge is 0.181 e. The number of hydrogen-bond donors (Lipinski definition) is 1. The minimum Gasteiger partial charge on any atom is -0.389 e. The molecule has 2 aromatic heterocycles. The van der Waals surface area contributed by atoms with Crippen LogP contribution in [0.25, 0.3) is 11.0 Å². The minimum absolute atomic E-state index is 0.459. The summed E-state index contributed by atoms with van der Waals surface area (Å²) in [5.74, 6) is 0. The van der Waals surface area contributed by atoms with Gasteiger partial charge in [0.05, 0.1) is 12.1 Å². The first kappa shape index (κ1) is 10.6. The predicted molar refractivity (Wildman–Crippen MR) is 61.5 cm³/mol. The summed E-state index contributed by atoms with van der Waals surface area (Å²) in [6.07, 6.45) is 3.59. The van der Waals surface area contributed by atoms with Gasteiger partial charge in [0.15, 0.2) is 5.65 Å². The molecule has 0 spiro atoms. The van der Waals surface area contributed by atoms with Crippen LogP contribution in [0.4, 0.5) is 0 Å². The topological polar surface area (TPSA) is 50.9 Å². The van der Waals surface area contributed by atoms with Crippen molar-refractivity contribution in [1.82, 2.24) is 14.8 Å². The zero-order valence-electron chi connectivity index (χ0n) is 8.61. The molecule has 0 bridgehead atoms. The third-order valence-electron chi connectivity index (χ3n) is 1.92. The molecule has 0 aromatic carbocycles. The number of pyridine rings is 1. The maximum Gasteiger partial charge on any atom is 0.181 e. The number of aromatic nitrogens is 3. The summed E-state index contributed by atoms with van der Waals surface area (Å²) in [5.41, 5.74) is -0.0679. The van der Waals surface area contributed by atoms with E-state index in [1.807, 2.05) is 12.3 Å². The van der Waals surface area contributed by atoms with Crippen molar-refractivity contribution >= 4 is 27.0 Å². The molecule has 0 aliphatic heterocycles. The Kier molecular flexibility index (Phi) is 2.52. The third kappa shape index (κ3) is 2.54. The van der Waals surface area contributed by atoms with E-state index in [2.05, 4.69) is 26.0 Å². The van der Waals surface area contributed by atoms with E-state index in [9.17, 15) is 5.11 Å². The van der Waals surface area contributed by atoms with E-state index in [0.29, 0.717) is 12.2 Å². The number of nitrogens with zero attached hydrogens (tertiary/aromatic N) is 3. The fraction of sp³-hybridized carbons (Fsp3) is 0.400. The van der Waals surface area contributed by atoms with Crippen LogP contribution in [0.15, 0.2) is 22.9 Å². The number of rotatable bonds is 2. The Morgan fingerprint density at radius 2 is 2.27 bits per heavy atom. The molecule has 2 aromatic rings. The van der Waals surface area contributed by atoms with Gasteiger partial charge in [0, 0.05) is 22.3 Å². The summed E-state index contributed by atoms with van der Waals surface area (Å²) in [6, 6.07) is 1.95. The molecule has 1 N–H and O–H groups in total. The Labute approximate surface area is 96.1 Å². The Balaban J connectivity index is 2.39. The highest BCUT2D eigenvalue weighted by molar-refractivity contribution is 9.10. The van der Waals surface area contributed by atoms with Crippen LogP contribution in [-0.2, 0) is 6.54 Å². The monoisotopic (exact) mass is 269 g/mol. The van der Waals surface area contributed by atoms with Crippen LogP contribution >= 0.6 is 15.9 Å². The van der Waals surface area contributed by atoms with E-state index >= 15 is 0 Å². The van der Waals surface area contributed by atoms with Gasteiger partial charge < -0.3 is 5.11 Å². The lowest BCUT2D eigenvalue weighted by Crippen LogP contribution is -2.26. The largest absolute Gasteiger partial charge is 0.389 e. The highest BCUT2D eigenvalue weighted by atomic mass is 79.9. The predicted octanol–water partition coefficient (Wildman–Crippen LogP) is 1.96. The van der Waals surface area contributed by atoms with Gasteiger partial charge in [-0.3, -0.25) is 4.68 Å². The van der Waals surface area contributed by atoms with Gasteiger partial charge in [-0.25, -0.2) is 4.98 Å². The van der Waals surface area contributed by atoms with Gasteiger partial charge in [-0.1, -0.05) is 0 Å². The molecule has 0 fully saturated rings. The van der Waals surface area contributed by atoms with Crippen molar-refractivity contribution in [2.75, 3.05) is 0 Å². The van der Waals surface area contributed by atoms with Gasteiger partial charge in [0.2, 0.25) is 0 Å². The van der Waals surface area contributed by atoms with Crippen molar-refractivity contribution < 1.29 is 5.11 Å². The Bertz CT molecular complexity index is 487. The molecule has 0 aliphatic rings. The summed E-state index contributed by atoms with van der Waals surface area (Å²) >= 11 is 3.35. The molecule has 4 nitrogen and oxygen atoms in total. The molecule has 5 heteroatoms. The van der Waals surface area contributed by atoms with Crippen LogP contribution in [0.1, 0.15) is 13.8 Å². The number of halogens is 1. The Morgan fingerprint density at radius 3 is 2.93 bits per heavy atom. The molecule has 15 heavy (non-hydrogen) atoms. The van der Waals surface area contributed by atoms with E-state index in [-0.39, 0.29) is 0 Å². The van der Waals surface area contributed by atoms with Gasteiger partial charge in [0.1, 0.15) is 0 Å². The van der Waals surface area contributed by atoms with Crippen LogP contribution in [0.3, 0.4) is 0 Å². The lowest BCUT2D eigenvalue weighted by molar-refractivity contribution is 0.0579. The second-order valence-corrected chi connectivity index (χ2v) is 5.12. The van der Waals surface area contributed by atoms with Crippen molar-refractivity contribution in [3.05, 3.63) is 22.9 Å². The standard InChI is InChI=1S/C10H12BrN3O/c1-10(2,15)6-14-5-7-3-8(11)4-12-9(7)13-14/h3-5,15H,6H2,1-2H3. The molecule has 0 saturated heterocycles. The van der Waals surface area contributed by atoms with Gasteiger partial charge in [0.25, 0.3) is 0 Å². The molecule has 0 saturated carbocycles. The van der Waals surface area contributed by atoms with E-state index in [1.165, 1.54) is 0 Å². The zero-order valence-corrected chi connectivity index (χ0v) is 10.2. The summed E-state index contributed by atoms with van der Waals surface area (Å²) in [7, 11) is 0. The van der Waals surface area contributed by atoms with Crippen molar-refractivity contribution in [1.29, 1.82) is 0 Å². The molecular weight excluding hydrogens is 258 g/mol. The van der Waals surface area contributed by atoms with Crippen molar-refractivity contribution in [2.24, 2.45) is 0 Å². The minimum atomic E-state index is -0.765. The molecule has 0 radical (unpaired) electrons. The van der Waals surface area contributed by atoms with Crippen LogP contribution in [0.2, 0.25) is 0 Å². The molecule has 2 heterocycles. The summed E-state index contributed by atoms with van der Waals surface area (Å²) in [6.45, 7) is 3.96. The maximum absolute atomic E-state index is 9.66. The average molecular weight is 270 g/mol. The molecule has 0 aliphatic carbocycles. The second-order valence-electron chi connectivity index (χ2n) is 4.21. The number of fused-ring (bicyclic) bond motifs is 1. The fourth-order valence-corrected chi connectivity index (χ4v) is 1.76. The lowest BCUT2D eigenvalue weighted by atomic mass is 10.1. The molecule has 80 valence electrons. The number of aliphatic hydroxyl groups is 1. The van der Waals surface area contributed by atoms with Crippen molar-refractivity contribution in [3.8, 4) is 0 Å². The molecular formula is C10H12BrN3O. The van der Waals surface area contributed by atoms with E-state index in [0.717, 1.165) is 9.86 Å². The van der Waals surface area contributed by atoms with Gasteiger partial charge in [-0.15, -0.1) is 0 Å². The number of hydrogen-bond acceptors (Lipinski definition) is 3. The van der Waals surface area contributed by atoms with Crippen molar-refractivity contribution in [2.45, 2.75) is 26.0 Å². The normalized spacial score (nSPS) is 12.3. The molecule has 0 unspecified atom stereocenters. The average Bonchev–Trinajstić information content (AvgIpc) is 2.42. The fourth-order valence-electron chi connectivity index (χ4n) is 1.41. The third-order valence-corrected chi connectivity index (χ3v) is 2.36. The van der Waals surface area contributed by atoms with E-state index in [4.69, 9.17) is 0 Å². The van der Waals surface area contributed by atoms with E-state index < -0.39 is 5.60 Å². The van der Waals surface area contributed by atoms with Gasteiger partial charge >= 0.3 is 0 Å². The first-order valence-electron chi connectivity index (χ1n) is 4.65. The highest BCUT2D eigenvalue weighted by Gasteiger charge is 2.14. The molecule has 0 amide bonds. The van der Waals surface area contributed by atoms with Crippen LogP contribution in [0, 0.1) is 0 Å². The van der Waals surface area contributed by atoms with E-state index in [1.54, 1.807) is 24.7 Å². The van der Waals surface area contributed by atoms with Crippen LogP contribution in [-0.4, -0.2) is 25.5 Å². The van der Waals surface area contributed by atoms with Crippen molar-refractivity contribution in [3.63, 3.8) is 0 Å². The lowest BCUT2D eigenvalue weighted by Gasteiger charge is -2.16. The summed E-state index contributed by atoms with van der Waals surface area (Å²) < 4.78 is 2.64. The maximum atomic E-state index is 9.66. The van der Waals surface area contributed by atoms with Gasteiger partial charge in [-0.2, -0.15) is 5.10 Å². The second kappa shape index (κ2) is 3.57. The summed E-state index contributed by atoms with van der Waals surface area (Å²) in [5, 5.41) is 14.9. The molecule has 2 rings (SSSR count). The highest BCUT2D eigenvalue weighted by Crippen LogP contribution is 2.16. The first-order chi connectivity index (χ1) is 6.94. The first-order valence-corrected chi connectivity index (χ1v) is 5.44. The Morgan fingerprint density at radius 1 is 1.53 bits per heavy atom. The van der Waals surface area contributed by atoms with Gasteiger partial charge in [-0.05, 0) is 35.8 Å². The van der Waals surface area contributed by atoms with Crippen LogP contribution in [0.5, 0.6) is 0 Å². The summed E-state index contributed by atoms with van der Waals surface area (Å²) in [4.78, 5) is 4.17. The SMILES string of the molecule is CC(C)(O)Cn1cc2cc(Br)cnc2n1. The quantitative estimate of drug-likeness (QED) is 0.907. The van der Waals surface area contributed by atoms with Crippen LogP contribution < -0.4 is 0 Å². The molecule has 0 atom stereocenters. The zero-order chi connectivity index (χ0) is 11.1. The Hall–Kier alpha value is -0.940.